The van der Waals surface area contributed by atoms with Crippen molar-refractivity contribution in [3.8, 4) is 0 Å². The van der Waals surface area contributed by atoms with Crippen LogP contribution in [0.4, 0.5) is 17.6 Å². The van der Waals surface area contributed by atoms with E-state index in [0.717, 1.165) is 12.1 Å². The van der Waals surface area contributed by atoms with Crippen LogP contribution in [0.15, 0.2) is 21.1 Å². The van der Waals surface area contributed by atoms with Crippen LogP contribution in [0.25, 0.3) is 0 Å². The molecule has 0 N–H and O–H groups in total. The molecule has 0 aliphatic heterocycles. The molecule has 0 unspecified atom stereocenters. The van der Waals surface area contributed by atoms with E-state index in [-0.39, 0.29) is 8.95 Å². The highest BCUT2D eigenvalue weighted by Crippen LogP contribution is 2.38. The van der Waals surface area contributed by atoms with Crippen molar-refractivity contribution in [1.82, 2.24) is 0 Å². The lowest BCUT2D eigenvalue weighted by atomic mass is 10.2. The molecule has 72 valence electrons. The van der Waals surface area contributed by atoms with Crippen LogP contribution in [0.2, 0.25) is 0 Å². The lowest BCUT2D eigenvalue weighted by Crippen LogP contribution is -2.09. The highest BCUT2D eigenvalue weighted by atomic mass is 79.9. The summed E-state index contributed by atoms with van der Waals surface area (Å²) in [4.78, 5) is 0. The van der Waals surface area contributed by atoms with Gasteiger partial charge in [-0.25, -0.2) is 4.39 Å². The van der Waals surface area contributed by atoms with E-state index in [1.165, 1.54) is 0 Å². The van der Waals surface area contributed by atoms with Crippen molar-refractivity contribution < 1.29 is 17.6 Å². The molecule has 0 spiro atoms. The molecule has 0 aliphatic rings. The van der Waals surface area contributed by atoms with Gasteiger partial charge in [0.1, 0.15) is 11.4 Å². The molecule has 1 aromatic rings. The zero-order chi connectivity index (χ0) is 10.2. The Morgan fingerprint density at radius 2 is 1.62 bits per heavy atom. The van der Waals surface area contributed by atoms with Crippen LogP contribution in [0.3, 0.4) is 0 Å². The molecule has 0 bridgehead atoms. The van der Waals surface area contributed by atoms with E-state index in [1.54, 1.807) is 0 Å². The fraction of sp³-hybridized carbons (Fsp3) is 0.143. The molecular weight excluding hydrogens is 320 g/mol. The van der Waals surface area contributed by atoms with Crippen LogP contribution < -0.4 is 0 Å². The van der Waals surface area contributed by atoms with E-state index in [4.69, 9.17) is 0 Å². The van der Waals surface area contributed by atoms with Crippen molar-refractivity contribution in [3.63, 3.8) is 0 Å². The van der Waals surface area contributed by atoms with Crippen molar-refractivity contribution in [1.29, 1.82) is 0 Å². The number of benzene rings is 1. The largest absolute Gasteiger partial charge is 0.420 e. The highest BCUT2D eigenvalue weighted by Gasteiger charge is 2.36. The molecule has 0 radical (unpaired) electrons. The standard InChI is InChI=1S/C7H2Br2F4/c8-3-1-4(9)6(5(10)2-3)7(11,12)13/h1-2H. The van der Waals surface area contributed by atoms with Crippen LogP contribution in [0.5, 0.6) is 0 Å². The average Bonchev–Trinajstić information content (AvgIpc) is 1.78. The molecule has 0 atom stereocenters. The van der Waals surface area contributed by atoms with Crippen LogP contribution in [-0.2, 0) is 6.18 Å². The lowest BCUT2D eigenvalue weighted by molar-refractivity contribution is -0.140. The summed E-state index contributed by atoms with van der Waals surface area (Å²) >= 11 is 5.52. The Kier molecular flexibility index (Phi) is 3.01. The van der Waals surface area contributed by atoms with E-state index in [9.17, 15) is 17.6 Å². The molecule has 0 aromatic heterocycles. The molecule has 1 aromatic carbocycles. The summed E-state index contributed by atoms with van der Waals surface area (Å²) in [7, 11) is 0. The lowest BCUT2D eigenvalue weighted by Gasteiger charge is -2.10. The summed E-state index contributed by atoms with van der Waals surface area (Å²) in [5.41, 5.74) is -1.28. The van der Waals surface area contributed by atoms with Crippen molar-refractivity contribution in [2.75, 3.05) is 0 Å². The van der Waals surface area contributed by atoms with Crippen LogP contribution >= 0.6 is 31.9 Å². The highest BCUT2D eigenvalue weighted by molar-refractivity contribution is 9.11. The first kappa shape index (κ1) is 11.0. The maximum absolute atomic E-state index is 12.8. The molecule has 6 heteroatoms. The number of hydrogen-bond donors (Lipinski definition) is 0. The molecule has 0 fully saturated rings. The van der Waals surface area contributed by atoms with Crippen molar-refractivity contribution in [2.24, 2.45) is 0 Å². The molecular formula is C7H2Br2F4. The second-order valence-electron chi connectivity index (χ2n) is 2.24. The smallest absolute Gasteiger partial charge is 0.206 e. The molecule has 0 saturated carbocycles. The van der Waals surface area contributed by atoms with Gasteiger partial charge in [-0.2, -0.15) is 13.2 Å². The summed E-state index contributed by atoms with van der Waals surface area (Å²) in [6, 6.07) is 1.92. The Hall–Kier alpha value is -0.100. The fourth-order valence-corrected chi connectivity index (χ4v) is 2.21. The monoisotopic (exact) mass is 320 g/mol. The molecule has 0 heterocycles. The van der Waals surface area contributed by atoms with Gasteiger partial charge in [-0.3, -0.25) is 0 Å². The molecule has 13 heavy (non-hydrogen) atoms. The minimum atomic E-state index is -4.68. The second kappa shape index (κ2) is 3.57. The third-order valence-electron chi connectivity index (χ3n) is 1.29. The Morgan fingerprint density at radius 3 is 2.00 bits per heavy atom. The summed E-state index contributed by atoms with van der Waals surface area (Å²) in [5.74, 6) is -1.30. The minimum absolute atomic E-state index is 0.255. The zero-order valence-electron chi connectivity index (χ0n) is 5.92. The Labute approximate surface area is 88.2 Å². The molecule has 0 saturated heterocycles. The van der Waals surface area contributed by atoms with Gasteiger partial charge in [0.2, 0.25) is 0 Å². The molecule has 0 nitrogen and oxygen atoms in total. The first-order chi connectivity index (χ1) is 5.82. The molecule has 1 rings (SSSR count). The maximum atomic E-state index is 12.8. The third-order valence-corrected chi connectivity index (χ3v) is 2.37. The minimum Gasteiger partial charge on any atom is -0.206 e. The second-order valence-corrected chi connectivity index (χ2v) is 4.01. The van der Waals surface area contributed by atoms with Gasteiger partial charge in [0.05, 0.1) is 0 Å². The molecule has 0 aliphatic carbocycles. The van der Waals surface area contributed by atoms with Crippen molar-refractivity contribution >= 4 is 31.9 Å². The summed E-state index contributed by atoms with van der Waals surface area (Å²) in [6.45, 7) is 0. The maximum Gasteiger partial charge on any atom is 0.420 e. The van der Waals surface area contributed by atoms with Gasteiger partial charge in [-0.1, -0.05) is 31.9 Å². The van der Waals surface area contributed by atoms with Gasteiger partial charge in [-0.05, 0) is 12.1 Å². The topological polar surface area (TPSA) is 0 Å². The van der Waals surface area contributed by atoms with Crippen molar-refractivity contribution in [3.05, 3.63) is 32.5 Å². The van der Waals surface area contributed by atoms with Crippen LogP contribution in [-0.4, -0.2) is 0 Å². The van der Waals surface area contributed by atoms with Gasteiger partial charge in [0.15, 0.2) is 0 Å². The number of halogens is 6. The average molecular weight is 322 g/mol. The van der Waals surface area contributed by atoms with Gasteiger partial charge < -0.3 is 0 Å². The predicted octanol–water partition coefficient (Wildman–Crippen LogP) is 4.37. The quantitative estimate of drug-likeness (QED) is 0.622. The molecule has 0 amide bonds. The van der Waals surface area contributed by atoms with Gasteiger partial charge in [0, 0.05) is 8.95 Å². The fourth-order valence-electron chi connectivity index (χ4n) is 0.813. The van der Waals surface area contributed by atoms with Gasteiger partial charge >= 0.3 is 6.18 Å². The van der Waals surface area contributed by atoms with E-state index in [2.05, 4.69) is 31.9 Å². The third kappa shape index (κ3) is 2.43. The van der Waals surface area contributed by atoms with E-state index in [1.807, 2.05) is 0 Å². The Balaban J connectivity index is 3.38. The van der Waals surface area contributed by atoms with Gasteiger partial charge in [-0.15, -0.1) is 0 Å². The normalized spacial score (nSPS) is 11.8. The van der Waals surface area contributed by atoms with Crippen LogP contribution in [0, 0.1) is 5.82 Å². The SMILES string of the molecule is Fc1cc(Br)cc(Br)c1C(F)(F)F. The Bertz CT molecular complexity index is 309. The van der Waals surface area contributed by atoms with E-state index in [0.29, 0.717) is 0 Å². The van der Waals surface area contributed by atoms with E-state index >= 15 is 0 Å². The summed E-state index contributed by atoms with van der Waals surface area (Å²) < 4.78 is 49.2. The van der Waals surface area contributed by atoms with Crippen LogP contribution in [0.1, 0.15) is 5.56 Å². The van der Waals surface area contributed by atoms with Gasteiger partial charge in [0.25, 0.3) is 0 Å². The predicted molar refractivity (Wildman–Crippen MR) is 46.8 cm³/mol. The number of alkyl halides is 3. The van der Waals surface area contributed by atoms with Crippen molar-refractivity contribution in [2.45, 2.75) is 6.18 Å². The zero-order valence-corrected chi connectivity index (χ0v) is 9.09. The summed E-state index contributed by atoms with van der Waals surface area (Å²) in [6.07, 6.45) is -4.68. The first-order valence-corrected chi connectivity index (χ1v) is 4.62. The first-order valence-electron chi connectivity index (χ1n) is 3.04. The number of rotatable bonds is 0. The number of hydrogen-bond acceptors (Lipinski definition) is 0. The van der Waals surface area contributed by atoms with E-state index < -0.39 is 17.6 Å². The Morgan fingerprint density at radius 1 is 1.08 bits per heavy atom. The summed E-state index contributed by atoms with van der Waals surface area (Å²) in [5, 5.41) is 0.